The number of aromatic nitrogens is 1. The summed E-state index contributed by atoms with van der Waals surface area (Å²) in [6, 6.07) is 4.73. The highest BCUT2D eigenvalue weighted by Gasteiger charge is 2.24. The van der Waals surface area contributed by atoms with Gasteiger partial charge in [-0.25, -0.2) is 4.79 Å². The van der Waals surface area contributed by atoms with Crippen molar-refractivity contribution in [1.82, 2.24) is 15.0 Å². The molecule has 1 aliphatic heterocycles. The van der Waals surface area contributed by atoms with Gasteiger partial charge in [-0.05, 0) is 25.5 Å². The van der Waals surface area contributed by atoms with E-state index in [2.05, 4.69) is 10.5 Å². The third kappa shape index (κ3) is 3.53. The molecular formula is C15H18N4O4. The number of urea groups is 1. The SMILES string of the molecule is Cc1cc(NC(=O)N2CCCN(C(=O)c3ccco3)CC2)on1. The van der Waals surface area contributed by atoms with E-state index in [1.165, 1.54) is 6.26 Å². The Hall–Kier alpha value is -2.77. The summed E-state index contributed by atoms with van der Waals surface area (Å²) in [5.74, 6) is 0.489. The molecule has 0 radical (unpaired) electrons. The molecule has 1 N–H and O–H groups in total. The number of nitrogens with one attached hydrogen (secondary N) is 1. The number of hydrogen-bond donors (Lipinski definition) is 1. The van der Waals surface area contributed by atoms with E-state index in [1.54, 1.807) is 34.9 Å². The van der Waals surface area contributed by atoms with Gasteiger partial charge in [0.1, 0.15) is 0 Å². The number of anilines is 1. The van der Waals surface area contributed by atoms with Crippen molar-refractivity contribution in [3.8, 4) is 0 Å². The van der Waals surface area contributed by atoms with Crippen molar-refractivity contribution in [2.45, 2.75) is 13.3 Å². The van der Waals surface area contributed by atoms with Crippen LogP contribution in [0.25, 0.3) is 0 Å². The topological polar surface area (TPSA) is 91.8 Å². The number of carbonyl (C=O) groups excluding carboxylic acids is 2. The van der Waals surface area contributed by atoms with E-state index in [1.807, 2.05) is 0 Å². The van der Waals surface area contributed by atoms with Crippen LogP contribution in [0.3, 0.4) is 0 Å². The first kappa shape index (κ1) is 15.1. The summed E-state index contributed by atoms with van der Waals surface area (Å²) in [6.07, 6.45) is 2.18. The van der Waals surface area contributed by atoms with Crippen LogP contribution in [0.4, 0.5) is 10.7 Å². The van der Waals surface area contributed by atoms with Crippen molar-refractivity contribution in [1.29, 1.82) is 0 Å². The second-order valence-corrected chi connectivity index (χ2v) is 5.37. The first-order chi connectivity index (χ1) is 11.1. The van der Waals surface area contributed by atoms with Gasteiger partial charge in [-0.1, -0.05) is 5.16 Å². The average molecular weight is 318 g/mol. The van der Waals surface area contributed by atoms with Crippen LogP contribution >= 0.6 is 0 Å². The number of nitrogens with zero attached hydrogens (tertiary/aromatic N) is 3. The highest BCUT2D eigenvalue weighted by molar-refractivity contribution is 5.91. The molecule has 2 aromatic rings. The Bertz CT molecular complexity index is 679. The fourth-order valence-corrected chi connectivity index (χ4v) is 2.49. The van der Waals surface area contributed by atoms with Crippen LogP contribution in [0.5, 0.6) is 0 Å². The van der Waals surface area contributed by atoms with E-state index in [9.17, 15) is 9.59 Å². The van der Waals surface area contributed by atoms with E-state index < -0.39 is 0 Å². The standard InChI is InChI=1S/C15H18N4O4/c1-11-10-13(23-17-11)16-15(21)19-6-3-5-18(7-8-19)14(20)12-4-2-9-22-12/h2,4,9-10H,3,5-8H2,1H3,(H,16,21). The molecule has 3 rings (SSSR count). The Morgan fingerprint density at radius 2 is 2.00 bits per heavy atom. The fraction of sp³-hybridized carbons (Fsp3) is 0.400. The van der Waals surface area contributed by atoms with Gasteiger partial charge in [0.15, 0.2) is 5.76 Å². The minimum absolute atomic E-state index is 0.150. The summed E-state index contributed by atoms with van der Waals surface area (Å²) in [7, 11) is 0. The largest absolute Gasteiger partial charge is 0.459 e. The number of rotatable bonds is 2. The van der Waals surface area contributed by atoms with Crippen LogP contribution < -0.4 is 5.32 Å². The molecule has 0 bridgehead atoms. The van der Waals surface area contributed by atoms with Crippen LogP contribution in [0.1, 0.15) is 22.7 Å². The molecule has 8 nitrogen and oxygen atoms in total. The van der Waals surface area contributed by atoms with Crippen molar-refractivity contribution in [2.75, 3.05) is 31.5 Å². The van der Waals surface area contributed by atoms with Crippen LogP contribution in [0, 0.1) is 6.92 Å². The van der Waals surface area contributed by atoms with Gasteiger partial charge < -0.3 is 18.7 Å². The quantitative estimate of drug-likeness (QED) is 0.914. The maximum absolute atomic E-state index is 12.3. The summed E-state index contributed by atoms with van der Waals surface area (Å²) in [5, 5.41) is 6.39. The average Bonchev–Trinajstić information content (AvgIpc) is 3.13. The highest BCUT2D eigenvalue weighted by atomic mass is 16.5. The minimum atomic E-state index is -0.256. The zero-order chi connectivity index (χ0) is 16.2. The normalized spacial score (nSPS) is 15.3. The maximum Gasteiger partial charge on any atom is 0.324 e. The zero-order valence-corrected chi connectivity index (χ0v) is 12.8. The molecule has 0 atom stereocenters. The lowest BCUT2D eigenvalue weighted by Gasteiger charge is -2.21. The van der Waals surface area contributed by atoms with Crippen molar-refractivity contribution in [3.63, 3.8) is 0 Å². The predicted octanol–water partition coefficient (Wildman–Crippen LogP) is 1.96. The van der Waals surface area contributed by atoms with Crippen LogP contribution in [-0.4, -0.2) is 53.1 Å². The number of hydrogen-bond acceptors (Lipinski definition) is 5. The lowest BCUT2D eigenvalue weighted by atomic mass is 10.3. The monoisotopic (exact) mass is 318 g/mol. The molecule has 0 unspecified atom stereocenters. The molecule has 3 heterocycles. The Morgan fingerprint density at radius 1 is 1.22 bits per heavy atom. The molecule has 1 saturated heterocycles. The van der Waals surface area contributed by atoms with Crippen molar-refractivity contribution in [3.05, 3.63) is 35.9 Å². The molecule has 23 heavy (non-hydrogen) atoms. The fourth-order valence-electron chi connectivity index (χ4n) is 2.49. The van der Waals surface area contributed by atoms with Gasteiger partial charge in [0.2, 0.25) is 5.88 Å². The van der Waals surface area contributed by atoms with E-state index in [0.717, 1.165) is 0 Å². The molecule has 0 saturated carbocycles. The van der Waals surface area contributed by atoms with Crippen molar-refractivity contribution < 1.29 is 18.5 Å². The van der Waals surface area contributed by atoms with Crippen molar-refractivity contribution >= 4 is 17.8 Å². The van der Waals surface area contributed by atoms with E-state index in [4.69, 9.17) is 8.94 Å². The Morgan fingerprint density at radius 3 is 2.70 bits per heavy atom. The van der Waals surface area contributed by atoms with Gasteiger partial charge in [-0.3, -0.25) is 10.1 Å². The van der Waals surface area contributed by atoms with Gasteiger partial charge >= 0.3 is 6.03 Å². The second-order valence-electron chi connectivity index (χ2n) is 5.37. The molecule has 1 aliphatic rings. The summed E-state index contributed by atoms with van der Waals surface area (Å²) in [4.78, 5) is 27.9. The minimum Gasteiger partial charge on any atom is -0.459 e. The van der Waals surface area contributed by atoms with Gasteiger partial charge in [-0.15, -0.1) is 0 Å². The lowest BCUT2D eigenvalue weighted by Crippen LogP contribution is -2.39. The zero-order valence-electron chi connectivity index (χ0n) is 12.8. The predicted molar refractivity (Wildman–Crippen MR) is 81.1 cm³/mol. The number of carbonyl (C=O) groups is 2. The second kappa shape index (κ2) is 6.55. The summed E-state index contributed by atoms with van der Waals surface area (Å²) in [5.41, 5.74) is 0.700. The Kier molecular flexibility index (Phi) is 4.31. The lowest BCUT2D eigenvalue weighted by molar-refractivity contribution is 0.0731. The first-order valence-electron chi connectivity index (χ1n) is 7.45. The highest BCUT2D eigenvalue weighted by Crippen LogP contribution is 2.13. The third-order valence-corrected chi connectivity index (χ3v) is 3.66. The smallest absolute Gasteiger partial charge is 0.324 e. The summed E-state index contributed by atoms with van der Waals surface area (Å²) in [6.45, 7) is 3.85. The molecule has 1 fully saturated rings. The molecule has 0 spiro atoms. The third-order valence-electron chi connectivity index (χ3n) is 3.66. The maximum atomic E-state index is 12.3. The summed E-state index contributed by atoms with van der Waals surface area (Å²) >= 11 is 0. The van der Waals surface area contributed by atoms with Crippen LogP contribution in [0.2, 0.25) is 0 Å². The molecule has 2 aromatic heterocycles. The summed E-state index contributed by atoms with van der Waals surface area (Å²) < 4.78 is 10.1. The van der Waals surface area contributed by atoms with Gasteiger partial charge in [0, 0.05) is 32.2 Å². The number of furan rings is 1. The van der Waals surface area contributed by atoms with Crippen LogP contribution in [-0.2, 0) is 0 Å². The molecule has 0 aliphatic carbocycles. The van der Waals surface area contributed by atoms with Gasteiger partial charge in [-0.2, -0.15) is 0 Å². The van der Waals surface area contributed by atoms with Crippen molar-refractivity contribution in [2.24, 2.45) is 0 Å². The van der Waals surface area contributed by atoms with Gasteiger partial charge in [0.05, 0.1) is 12.0 Å². The Balaban J connectivity index is 1.57. The molecule has 3 amide bonds. The van der Waals surface area contributed by atoms with E-state index >= 15 is 0 Å². The van der Waals surface area contributed by atoms with Crippen LogP contribution in [0.15, 0.2) is 33.4 Å². The number of amides is 3. The molecule has 122 valence electrons. The first-order valence-corrected chi connectivity index (χ1v) is 7.45. The van der Waals surface area contributed by atoms with E-state index in [-0.39, 0.29) is 11.9 Å². The Labute approximate surface area is 133 Å². The number of aryl methyl sites for hydroxylation is 1. The molecule has 8 heteroatoms. The molecular weight excluding hydrogens is 300 g/mol. The van der Waals surface area contributed by atoms with E-state index in [0.29, 0.717) is 49.9 Å². The van der Waals surface area contributed by atoms with Gasteiger partial charge in [0.25, 0.3) is 5.91 Å². The molecule has 0 aromatic carbocycles.